The molecule has 36 heavy (non-hydrogen) atoms. The molecule has 3 heterocycles. The average Bonchev–Trinajstić information content (AvgIpc) is 2.82. The van der Waals surface area contributed by atoms with Gasteiger partial charge in [0.25, 0.3) is 5.56 Å². The number of anilines is 1. The summed E-state index contributed by atoms with van der Waals surface area (Å²) in [6, 6.07) is 9.90. The van der Waals surface area contributed by atoms with Gasteiger partial charge in [-0.1, -0.05) is 6.07 Å². The van der Waals surface area contributed by atoms with E-state index in [-0.39, 0.29) is 29.4 Å². The smallest absolute Gasteiger partial charge is 0.403 e. The minimum absolute atomic E-state index is 0.0522. The lowest BCUT2D eigenvalue weighted by atomic mass is 10.00. The first kappa shape index (κ1) is 25.4. The lowest BCUT2D eigenvalue weighted by Crippen LogP contribution is -2.57. The van der Waals surface area contributed by atoms with Crippen LogP contribution in [-0.2, 0) is 7.05 Å². The molecule has 0 bridgehead atoms. The molecule has 0 N–H and O–H groups in total. The summed E-state index contributed by atoms with van der Waals surface area (Å²) in [5.41, 5.74) is 2.37. The van der Waals surface area contributed by atoms with Crippen molar-refractivity contribution in [3.05, 3.63) is 63.8 Å². The van der Waals surface area contributed by atoms with Gasteiger partial charge in [0.05, 0.1) is 11.2 Å². The Hall–Kier alpha value is -3.65. The Balaban J connectivity index is 1.62. The Morgan fingerprint density at radius 1 is 1.14 bits per heavy atom. The van der Waals surface area contributed by atoms with Crippen molar-refractivity contribution < 1.29 is 22.3 Å². The Bertz CT molecular complexity index is 1400. The van der Waals surface area contributed by atoms with Gasteiger partial charge in [-0.2, -0.15) is 5.26 Å². The van der Waals surface area contributed by atoms with Gasteiger partial charge in [-0.15, -0.1) is 13.2 Å². The Morgan fingerprint density at radius 2 is 1.86 bits per heavy atom. The number of ether oxygens (including phenoxy) is 1. The van der Waals surface area contributed by atoms with Gasteiger partial charge in [-0.3, -0.25) is 9.69 Å². The van der Waals surface area contributed by atoms with E-state index < -0.39 is 17.9 Å². The zero-order chi connectivity index (χ0) is 26.4. The molecule has 0 radical (unpaired) electrons. The summed E-state index contributed by atoms with van der Waals surface area (Å²) >= 11 is 0. The van der Waals surface area contributed by atoms with E-state index in [2.05, 4.69) is 19.5 Å². The van der Waals surface area contributed by atoms with E-state index in [1.54, 1.807) is 19.2 Å². The summed E-state index contributed by atoms with van der Waals surface area (Å²) in [7, 11) is 1.65. The number of fused-ring (bicyclic) bond motifs is 1. The van der Waals surface area contributed by atoms with Gasteiger partial charge in [-0.25, -0.2) is 9.37 Å². The third-order valence-corrected chi connectivity index (χ3v) is 6.69. The van der Waals surface area contributed by atoms with Crippen LogP contribution in [0.5, 0.6) is 5.75 Å². The van der Waals surface area contributed by atoms with Crippen molar-refractivity contribution in [2.45, 2.75) is 45.3 Å². The van der Waals surface area contributed by atoms with Gasteiger partial charge >= 0.3 is 6.36 Å². The van der Waals surface area contributed by atoms with E-state index in [4.69, 9.17) is 0 Å². The molecule has 1 fully saturated rings. The molecule has 0 amide bonds. The highest BCUT2D eigenvalue weighted by Gasteiger charge is 2.35. The number of halogens is 4. The first-order valence-corrected chi connectivity index (χ1v) is 11.4. The van der Waals surface area contributed by atoms with Crippen LogP contribution in [0.2, 0.25) is 0 Å². The van der Waals surface area contributed by atoms with Crippen molar-refractivity contribution in [1.82, 2.24) is 14.5 Å². The third-order valence-electron chi connectivity index (χ3n) is 6.69. The van der Waals surface area contributed by atoms with Gasteiger partial charge in [0.2, 0.25) is 0 Å². The number of hydrogen-bond donors (Lipinski definition) is 0. The molecule has 4 rings (SSSR count). The molecule has 1 saturated heterocycles. The van der Waals surface area contributed by atoms with E-state index in [0.29, 0.717) is 35.4 Å². The maximum absolute atomic E-state index is 14.3. The highest BCUT2D eigenvalue weighted by atomic mass is 19.4. The van der Waals surface area contributed by atoms with Gasteiger partial charge < -0.3 is 14.2 Å². The van der Waals surface area contributed by atoms with Crippen LogP contribution in [0.15, 0.2) is 41.2 Å². The Morgan fingerprint density at radius 3 is 2.50 bits per heavy atom. The molecule has 7 nitrogen and oxygen atoms in total. The van der Waals surface area contributed by atoms with Crippen LogP contribution in [0.1, 0.15) is 38.1 Å². The molecular weight excluding hydrogens is 478 g/mol. The molecule has 2 aromatic heterocycles. The molecule has 0 aliphatic carbocycles. The SMILES string of the molecule is CC(c1ccc(OC(F)(F)F)c(F)c1)N1C[C@H](C)N(c2cc(=O)n(C)c3ccc(C#N)nc23)C[C@@H]1C. The van der Waals surface area contributed by atoms with Crippen molar-refractivity contribution in [2.24, 2.45) is 7.05 Å². The molecule has 3 atom stereocenters. The van der Waals surface area contributed by atoms with Gasteiger partial charge in [0, 0.05) is 44.3 Å². The van der Waals surface area contributed by atoms with E-state index in [9.17, 15) is 27.6 Å². The van der Waals surface area contributed by atoms with Crippen LogP contribution in [0.3, 0.4) is 0 Å². The van der Waals surface area contributed by atoms with Gasteiger partial charge in [-0.05, 0) is 50.6 Å². The predicted molar refractivity (Wildman–Crippen MR) is 126 cm³/mol. The molecular formula is C25H25F4N5O2. The monoisotopic (exact) mass is 503 g/mol. The Labute approximate surface area is 205 Å². The minimum Gasteiger partial charge on any atom is -0.403 e. The lowest BCUT2D eigenvalue weighted by Gasteiger charge is -2.47. The number of benzene rings is 1. The highest BCUT2D eigenvalue weighted by Crippen LogP contribution is 2.34. The molecule has 1 aromatic carbocycles. The standard InChI is InChI=1S/C25H25F4N5O2/c1-14-13-34(21-10-23(35)32(4)20-7-6-18(11-30)31-24(20)21)15(2)12-33(14)16(3)17-5-8-22(19(26)9-17)36-25(27,28)29/h5-10,14-16H,12-13H2,1-4H3/t14-,15-,16?/m0/s1. The summed E-state index contributed by atoms with van der Waals surface area (Å²) in [5.74, 6) is -1.95. The number of alkyl halides is 3. The average molecular weight is 504 g/mol. The minimum atomic E-state index is -4.97. The first-order valence-electron chi connectivity index (χ1n) is 11.4. The van der Waals surface area contributed by atoms with E-state index in [1.807, 2.05) is 26.8 Å². The van der Waals surface area contributed by atoms with Crippen LogP contribution >= 0.6 is 0 Å². The summed E-state index contributed by atoms with van der Waals surface area (Å²) in [4.78, 5) is 21.3. The maximum atomic E-state index is 14.3. The third kappa shape index (κ3) is 4.86. The predicted octanol–water partition coefficient (Wildman–Crippen LogP) is 4.50. The number of rotatable bonds is 4. The summed E-state index contributed by atoms with van der Waals surface area (Å²) in [6.07, 6.45) is -4.97. The largest absolute Gasteiger partial charge is 0.573 e. The molecule has 11 heteroatoms. The van der Waals surface area contributed by atoms with Crippen LogP contribution in [0, 0.1) is 17.1 Å². The topological polar surface area (TPSA) is 74.4 Å². The molecule has 1 unspecified atom stereocenters. The highest BCUT2D eigenvalue weighted by molar-refractivity contribution is 5.89. The fourth-order valence-electron chi connectivity index (χ4n) is 4.80. The van der Waals surface area contributed by atoms with E-state index in [0.717, 1.165) is 12.1 Å². The molecule has 3 aromatic rings. The number of pyridine rings is 2. The van der Waals surface area contributed by atoms with Gasteiger partial charge in [0.1, 0.15) is 17.3 Å². The van der Waals surface area contributed by atoms with Gasteiger partial charge in [0.15, 0.2) is 11.6 Å². The van der Waals surface area contributed by atoms with Crippen molar-refractivity contribution in [3.63, 3.8) is 0 Å². The second-order valence-electron chi connectivity index (χ2n) is 9.06. The molecule has 1 aliphatic heterocycles. The van der Waals surface area contributed by atoms with Crippen molar-refractivity contribution in [1.29, 1.82) is 5.26 Å². The quantitative estimate of drug-likeness (QED) is 0.488. The fourth-order valence-corrected chi connectivity index (χ4v) is 4.80. The number of piperazine rings is 1. The molecule has 0 saturated carbocycles. The first-order chi connectivity index (χ1) is 16.9. The van der Waals surface area contributed by atoms with Crippen LogP contribution in [0.4, 0.5) is 23.2 Å². The molecule has 190 valence electrons. The van der Waals surface area contributed by atoms with Crippen LogP contribution in [0.25, 0.3) is 11.0 Å². The Kier molecular flexibility index (Phi) is 6.66. The van der Waals surface area contributed by atoms with Crippen molar-refractivity contribution in [2.75, 3.05) is 18.0 Å². The zero-order valence-corrected chi connectivity index (χ0v) is 20.2. The summed E-state index contributed by atoms with van der Waals surface area (Å²) in [6.45, 7) is 6.91. The normalized spacial score (nSPS) is 19.8. The second kappa shape index (κ2) is 9.43. The van der Waals surface area contributed by atoms with E-state index >= 15 is 0 Å². The molecule has 1 aliphatic rings. The zero-order valence-electron chi connectivity index (χ0n) is 20.2. The second-order valence-corrected chi connectivity index (χ2v) is 9.06. The fraction of sp³-hybridized carbons (Fsp3) is 0.400. The summed E-state index contributed by atoms with van der Waals surface area (Å²) in [5, 5.41) is 9.32. The van der Waals surface area contributed by atoms with Crippen molar-refractivity contribution in [3.8, 4) is 11.8 Å². The number of hydrogen-bond acceptors (Lipinski definition) is 6. The van der Waals surface area contributed by atoms with E-state index in [1.165, 1.54) is 16.7 Å². The van der Waals surface area contributed by atoms with Crippen LogP contribution < -0.4 is 15.2 Å². The maximum Gasteiger partial charge on any atom is 0.573 e. The molecule has 0 spiro atoms. The number of aryl methyl sites for hydroxylation is 1. The number of nitriles is 1. The lowest BCUT2D eigenvalue weighted by molar-refractivity contribution is -0.275. The van der Waals surface area contributed by atoms with Crippen LogP contribution in [-0.4, -0.2) is 46.0 Å². The number of nitrogens with zero attached hydrogens (tertiary/aromatic N) is 5. The number of aromatic nitrogens is 2. The summed E-state index contributed by atoms with van der Waals surface area (Å²) < 4.78 is 57.0. The van der Waals surface area contributed by atoms with Crippen molar-refractivity contribution >= 4 is 16.7 Å².